The maximum atomic E-state index is 11.8. The summed E-state index contributed by atoms with van der Waals surface area (Å²) in [4.78, 5) is 23.3. The van der Waals surface area contributed by atoms with E-state index >= 15 is 0 Å². The van der Waals surface area contributed by atoms with Crippen LogP contribution in [0, 0.1) is 6.92 Å². The van der Waals surface area contributed by atoms with E-state index in [0.717, 1.165) is 18.4 Å². The summed E-state index contributed by atoms with van der Waals surface area (Å²) in [5, 5.41) is 2.90. The predicted molar refractivity (Wildman–Crippen MR) is 79.2 cm³/mol. The summed E-state index contributed by atoms with van der Waals surface area (Å²) in [5.74, 6) is 0.237. The molecule has 0 saturated carbocycles. The maximum Gasteiger partial charge on any atom is 0.258 e. The quantitative estimate of drug-likeness (QED) is 0.780. The summed E-state index contributed by atoms with van der Waals surface area (Å²) in [6.45, 7) is 7.40. The van der Waals surface area contributed by atoms with Gasteiger partial charge in [0.1, 0.15) is 5.75 Å². The minimum absolute atomic E-state index is 0.0656. The fourth-order valence-corrected chi connectivity index (χ4v) is 1.95. The van der Waals surface area contributed by atoms with Crippen LogP contribution in [0.4, 0.5) is 0 Å². The number of hydrogen-bond donors (Lipinski definition) is 1. The van der Waals surface area contributed by atoms with Crippen LogP contribution in [0.2, 0.25) is 0 Å². The van der Waals surface area contributed by atoms with Gasteiger partial charge in [-0.3, -0.25) is 9.59 Å². The molecule has 0 radical (unpaired) electrons. The number of hydrogen-bond acceptors (Lipinski definition) is 3. The fourth-order valence-electron chi connectivity index (χ4n) is 1.95. The van der Waals surface area contributed by atoms with E-state index in [0.29, 0.717) is 11.3 Å². The zero-order valence-corrected chi connectivity index (χ0v) is 12.7. The van der Waals surface area contributed by atoms with E-state index < -0.39 is 0 Å². The number of ketones is 1. The summed E-state index contributed by atoms with van der Waals surface area (Å²) in [7, 11) is 0. The van der Waals surface area contributed by atoms with Gasteiger partial charge in [0.15, 0.2) is 12.4 Å². The van der Waals surface area contributed by atoms with Gasteiger partial charge in [0.2, 0.25) is 0 Å². The molecular weight excluding hydrogens is 254 g/mol. The first-order valence-corrected chi connectivity index (χ1v) is 7.01. The smallest absolute Gasteiger partial charge is 0.258 e. The highest BCUT2D eigenvalue weighted by Crippen LogP contribution is 2.20. The van der Waals surface area contributed by atoms with Crippen LogP contribution in [0.25, 0.3) is 0 Å². The molecule has 1 N–H and O–H groups in total. The molecule has 0 aliphatic heterocycles. The summed E-state index contributed by atoms with van der Waals surface area (Å²) in [6.07, 6.45) is 1.79. The summed E-state index contributed by atoms with van der Waals surface area (Å²) in [5.41, 5.74) is 1.50. The molecule has 0 aromatic heterocycles. The van der Waals surface area contributed by atoms with Gasteiger partial charge in [0.25, 0.3) is 5.91 Å². The van der Waals surface area contributed by atoms with Crippen molar-refractivity contribution >= 4 is 11.7 Å². The largest absolute Gasteiger partial charge is 0.483 e. The molecule has 4 nitrogen and oxygen atoms in total. The van der Waals surface area contributed by atoms with Crippen molar-refractivity contribution in [1.29, 1.82) is 0 Å². The summed E-state index contributed by atoms with van der Waals surface area (Å²) < 4.78 is 5.47. The second-order valence-electron chi connectivity index (χ2n) is 4.93. The Kier molecular flexibility index (Phi) is 6.22. The van der Waals surface area contributed by atoms with Crippen LogP contribution in [0.5, 0.6) is 5.75 Å². The molecule has 1 aromatic carbocycles. The molecule has 0 unspecified atom stereocenters. The van der Waals surface area contributed by atoms with E-state index in [9.17, 15) is 9.59 Å². The van der Waals surface area contributed by atoms with Gasteiger partial charge >= 0.3 is 0 Å². The highest BCUT2D eigenvalue weighted by Gasteiger charge is 2.12. The third-order valence-corrected chi connectivity index (χ3v) is 3.22. The Hall–Kier alpha value is -1.84. The zero-order valence-electron chi connectivity index (χ0n) is 12.7. The van der Waals surface area contributed by atoms with Gasteiger partial charge in [-0.25, -0.2) is 0 Å². The van der Waals surface area contributed by atoms with Gasteiger partial charge in [-0.05, 0) is 38.8 Å². The van der Waals surface area contributed by atoms with E-state index in [1.54, 1.807) is 12.1 Å². The molecular formula is C16H23NO3. The Bertz CT molecular complexity index is 479. The number of benzene rings is 1. The predicted octanol–water partition coefficient (Wildman–Crippen LogP) is 2.88. The van der Waals surface area contributed by atoms with Crippen molar-refractivity contribution in [2.24, 2.45) is 0 Å². The molecule has 0 spiro atoms. The van der Waals surface area contributed by atoms with Crippen LogP contribution in [0.15, 0.2) is 18.2 Å². The van der Waals surface area contributed by atoms with Gasteiger partial charge in [-0.15, -0.1) is 0 Å². The molecule has 4 heteroatoms. The van der Waals surface area contributed by atoms with Crippen molar-refractivity contribution in [1.82, 2.24) is 5.32 Å². The molecule has 1 amide bonds. The Morgan fingerprint density at radius 3 is 2.45 bits per heavy atom. The molecule has 0 aliphatic carbocycles. The minimum Gasteiger partial charge on any atom is -0.483 e. The molecule has 1 aromatic rings. The number of carbonyl (C=O) groups is 2. The minimum atomic E-state index is -0.159. The maximum absolute atomic E-state index is 11.8. The molecule has 110 valence electrons. The van der Waals surface area contributed by atoms with Crippen LogP contribution in [-0.4, -0.2) is 24.3 Å². The Morgan fingerprint density at radius 1 is 1.25 bits per heavy atom. The van der Waals surface area contributed by atoms with Gasteiger partial charge in [0.05, 0.1) is 5.56 Å². The van der Waals surface area contributed by atoms with Gasteiger partial charge in [-0.2, -0.15) is 0 Å². The van der Waals surface area contributed by atoms with E-state index in [1.807, 2.05) is 26.8 Å². The SMILES string of the molecule is CCC(CC)NC(=O)COc1ccc(C)cc1C(C)=O. The second-order valence-corrected chi connectivity index (χ2v) is 4.93. The zero-order chi connectivity index (χ0) is 15.1. The molecule has 0 heterocycles. The van der Waals surface area contributed by atoms with Gasteiger partial charge < -0.3 is 10.1 Å². The van der Waals surface area contributed by atoms with Crippen molar-refractivity contribution in [2.45, 2.75) is 46.6 Å². The second kappa shape index (κ2) is 7.68. The Labute approximate surface area is 120 Å². The molecule has 0 bridgehead atoms. The molecule has 0 aliphatic rings. The van der Waals surface area contributed by atoms with Crippen molar-refractivity contribution in [3.05, 3.63) is 29.3 Å². The number of carbonyl (C=O) groups excluding carboxylic acids is 2. The number of ether oxygens (including phenoxy) is 1. The van der Waals surface area contributed by atoms with Crippen LogP contribution >= 0.6 is 0 Å². The topological polar surface area (TPSA) is 55.4 Å². The third kappa shape index (κ3) is 4.68. The van der Waals surface area contributed by atoms with Crippen LogP contribution < -0.4 is 10.1 Å². The van der Waals surface area contributed by atoms with Crippen molar-refractivity contribution < 1.29 is 14.3 Å². The average molecular weight is 277 g/mol. The first-order chi connectivity index (χ1) is 9.47. The number of nitrogens with one attached hydrogen (secondary N) is 1. The van der Waals surface area contributed by atoms with Gasteiger partial charge in [0, 0.05) is 6.04 Å². The third-order valence-electron chi connectivity index (χ3n) is 3.22. The van der Waals surface area contributed by atoms with Crippen LogP contribution in [-0.2, 0) is 4.79 Å². The van der Waals surface area contributed by atoms with E-state index in [-0.39, 0.29) is 24.3 Å². The standard InChI is InChI=1S/C16H23NO3/c1-5-13(6-2)17-16(19)10-20-15-8-7-11(3)9-14(15)12(4)18/h7-9,13H,5-6,10H2,1-4H3,(H,17,19). The lowest BCUT2D eigenvalue weighted by Crippen LogP contribution is -2.37. The molecule has 0 saturated heterocycles. The van der Waals surface area contributed by atoms with E-state index in [4.69, 9.17) is 4.74 Å². The average Bonchev–Trinajstić information content (AvgIpc) is 2.43. The highest BCUT2D eigenvalue weighted by atomic mass is 16.5. The molecule has 0 fully saturated rings. The number of aryl methyl sites for hydroxylation is 1. The highest BCUT2D eigenvalue weighted by molar-refractivity contribution is 5.97. The lowest BCUT2D eigenvalue weighted by molar-refractivity contribution is -0.123. The summed E-state index contributed by atoms with van der Waals surface area (Å²) >= 11 is 0. The molecule has 0 atom stereocenters. The fraction of sp³-hybridized carbons (Fsp3) is 0.500. The first kappa shape index (κ1) is 16.2. The number of Topliss-reactive ketones (excluding diaryl/α,β-unsaturated/α-hetero) is 1. The van der Waals surface area contributed by atoms with Crippen LogP contribution in [0.1, 0.15) is 49.5 Å². The van der Waals surface area contributed by atoms with E-state index in [1.165, 1.54) is 6.92 Å². The number of amides is 1. The van der Waals surface area contributed by atoms with Crippen molar-refractivity contribution in [3.63, 3.8) is 0 Å². The van der Waals surface area contributed by atoms with Crippen molar-refractivity contribution in [3.8, 4) is 5.75 Å². The normalized spacial score (nSPS) is 10.4. The monoisotopic (exact) mass is 277 g/mol. The lowest BCUT2D eigenvalue weighted by atomic mass is 10.1. The van der Waals surface area contributed by atoms with E-state index in [2.05, 4.69) is 5.32 Å². The lowest BCUT2D eigenvalue weighted by Gasteiger charge is -2.15. The molecule has 20 heavy (non-hydrogen) atoms. The summed E-state index contributed by atoms with van der Waals surface area (Å²) in [6, 6.07) is 5.55. The van der Waals surface area contributed by atoms with Crippen molar-refractivity contribution in [2.75, 3.05) is 6.61 Å². The first-order valence-electron chi connectivity index (χ1n) is 7.01. The number of rotatable bonds is 7. The van der Waals surface area contributed by atoms with Crippen LogP contribution in [0.3, 0.4) is 0 Å². The van der Waals surface area contributed by atoms with Gasteiger partial charge in [-0.1, -0.05) is 25.5 Å². The Balaban J connectivity index is 2.66. The Morgan fingerprint density at radius 2 is 1.90 bits per heavy atom. The molecule has 1 rings (SSSR count).